The van der Waals surface area contributed by atoms with Crippen LogP contribution in [0.15, 0.2) is 29.7 Å². The first-order valence-electron chi connectivity index (χ1n) is 9.50. The lowest BCUT2D eigenvalue weighted by atomic mass is 9.78. The highest BCUT2D eigenvalue weighted by molar-refractivity contribution is 8.13. The third-order valence-electron chi connectivity index (χ3n) is 5.19. The fourth-order valence-corrected chi connectivity index (χ4v) is 3.38. The van der Waals surface area contributed by atoms with E-state index in [1.807, 2.05) is 58.0 Å². The average molecular weight is 404 g/mol. The summed E-state index contributed by atoms with van der Waals surface area (Å²) in [4.78, 5) is 22.1. The molecule has 0 bridgehead atoms. The van der Waals surface area contributed by atoms with Gasteiger partial charge in [0.05, 0.1) is 11.2 Å². The van der Waals surface area contributed by atoms with Crippen molar-refractivity contribution in [1.82, 2.24) is 0 Å². The van der Waals surface area contributed by atoms with Crippen LogP contribution in [-0.4, -0.2) is 40.3 Å². The molecule has 0 radical (unpaired) electrons. The summed E-state index contributed by atoms with van der Waals surface area (Å²) in [5, 5.41) is 8.80. The Bertz CT molecular complexity index is 724. The number of hydrogen-bond acceptors (Lipinski definition) is 5. The Balaban J connectivity index is 2.15. The number of hydrogen-bond donors (Lipinski definition) is 1. The maximum absolute atomic E-state index is 11.5. The molecule has 1 aromatic carbocycles. The maximum atomic E-state index is 11.5. The van der Waals surface area contributed by atoms with E-state index < -0.39 is 24.3 Å². The third kappa shape index (κ3) is 6.22. The number of benzene rings is 1. The van der Waals surface area contributed by atoms with Gasteiger partial charge in [-0.2, -0.15) is 0 Å². The van der Waals surface area contributed by atoms with E-state index in [1.165, 1.54) is 11.8 Å². The van der Waals surface area contributed by atoms with Gasteiger partial charge in [0.15, 0.2) is 5.12 Å². The zero-order valence-corrected chi connectivity index (χ0v) is 18.1. The molecule has 152 valence electrons. The molecule has 0 saturated carbocycles. The number of carboxylic acid groups (broad SMARTS) is 1. The Kier molecular flexibility index (Phi) is 7.54. The van der Waals surface area contributed by atoms with Gasteiger partial charge in [0.1, 0.15) is 0 Å². The van der Waals surface area contributed by atoms with E-state index in [0.29, 0.717) is 12.2 Å². The van der Waals surface area contributed by atoms with E-state index in [4.69, 9.17) is 14.4 Å². The van der Waals surface area contributed by atoms with E-state index in [2.05, 4.69) is 0 Å². The summed E-state index contributed by atoms with van der Waals surface area (Å²) in [5.74, 6) is -0.262. The molecule has 1 aliphatic heterocycles. The standard InChI is InChI=1S/C21H29BO5S/c1-15(23)28-14-18(22-26-20(2,3)21(4,5)27-22)13-17-11-9-16(10-12-17)7-6-8-19(24)25/h9-13H,6-8,14H2,1-5H3,(H,24,25). The van der Waals surface area contributed by atoms with Crippen LogP contribution in [0.4, 0.5) is 0 Å². The zero-order chi connectivity index (χ0) is 20.9. The van der Waals surface area contributed by atoms with E-state index >= 15 is 0 Å². The summed E-state index contributed by atoms with van der Waals surface area (Å²) in [6.07, 6.45) is 3.55. The van der Waals surface area contributed by atoms with Crippen LogP contribution in [0.3, 0.4) is 0 Å². The van der Waals surface area contributed by atoms with E-state index in [1.54, 1.807) is 6.92 Å². The Morgan fingerprint density at radius 2 is 1.68 bits per heavy atom. The quantitative estimate of drug-likeness (QED) is 0.648. The van der Waals surface area contributed by atoms with Gasteiger partial charge in [-0.25, -0.2) is 0 Å². The van der Waals surface area contributed by atoms with Crippen molar-refractivity contribution < 1.29 is 24.0 Å². The van der Waals surface area contributed by atoms with E-state index in [9.17, 15) is 9.59 Å². The number of aliphatic carboxylic acids is 1. The van der Waals surface area contributed by atoms with Crippen LogP contribution in [0, 0.1) is 0 Å². The summed E-state index contributed by atoms with van der Waals surface area (Å²) in [7, 11) is -0.493. The minimum Gasteiger partial charge on any atom is -0.481 e. The normalized spacial score (nSPS) is 18.3. The van der Waals surface area contributed by atoms with Crippen molar-refractivity contribution in [1.29, 1.82) is 0 Å². The maximum Gasteiger partial charge on any atom is 0.491 e. The monoisotopic (exact) mass is 404 g/mol. The lowest BCUT2D eigenvalue weighted by Crippen LogP contribution is -2.41. The molecule has 0 aliphatic carbocycles. The molecule has 2 rings (SSSR count). The van der Waals surface area contributed by atoms with Crippen molar-refractivity contribution in [3.8, 4) is 0 Å². The van der Waals surface area contributed by atoms with Crippen molar-refractivity contribution in [2.45, 2.75) is 65.1 Å². The first-order valence-corrected chi connectivity index (χ1v) is 10.5. The topological polar surface area (TPSA) is 72.8 Å². The number of carbonyl (C=O) groups excluding carboxylic acids is 1. The Morgan fingerprint density at radius 3 is 2.18 bits per heavy atom. The molecular weight excluding hydrogens is 375 g/mol. The smallest absolute Gasteiger partial charge is 0.481 e. The summed E-state index contributed by atoms with van der Waals surface area (Å²) < 4.78 is 12.3. The molecule has 5 nitrogen and oxygen atoms in total. The van der Waals surface area contributed by atoms with Crippen LogP contribution >= 0.6 is 11.8 Å². The highest BCUT2D eigenvalue weighted by Gasteiger charge is 2.52. The number of aryl methyl sites for hydroxylation is 1. The van der Waals surface area contributed by atoms with Crippen LogP contribution in [0.5, 0.6) is 0 Å². The molecule has 1 aliphatic rings. The van der Waals surface area contributed by atoms with Crippen LogP contribution in [0.1, 0.15) is 58.6 Å². The van der Waals surface area contributed by atoms with E-state index in [-0.39, 0.29) is 11.5 Å². The number of rotatable bonds is 8. The summed E-state index contributed by atoms with van der Waals surface area (Å²) in [6.45, 7) is 9.59. The minimum atomic E-state index is -0.769. The van der Waals surface area contributed by atoms with Gasteiger partial charge < -0.3 is 14.4 Å². The molecule has 0 amide bonds. The predicted molar refractivity (Wildman–Crippen MR) is 114 cm³/mol. The lowest BCUT2D eigenvalue weighted by Gasteiger charge is -2.32. The number of carbonyl (C=O) groups is 2. The van der Waals surface area contributed by atoms with Crippen molar-refractivity contribution in [2.24, 2.45) is 0 Å². The Labute approximate surface area is 172 Å². The fourth-order valence-electron chi connectivity index (χ4n) is 2.80. The minimum absolute atomic E-state index is 0.0520. The second-order valence-electron chi connectivity index (χ2n) is 8.08. The highest BCUT2D eigenvalue weighted by atomic mass is 32.2. The zero-order valence-electron chi connectivity index (χ0n) is 17.3. The van der Waals surface area contributed by atoms with Gasteiger partial charge in [-0.15, -0.1) is 0 Å². The van der Waals surface area contributed by atoms with Crippen molar-refractivity contribution in [3.05, 3.63) is 40.9 Å². The first-order chi connectivity index (χ1) is 13.0. The van der Waals surface area contributed by atoms with Gasteiger partial charge in [-0.1, -0.05) is 42.1 Å². The van der Waals surface area contributed by atoms with Gasteiger partial charge in [0.2, 0.25) is 0 Å². The summed E-state index contributed by atoms with van der Waals surface area (Å²) in [6, 6.07) is 8.01. The van der Waals surface area contributed by atoms with Crippen molar-refractivity contribution in [3.63, 3.8) is 0 Å². The third-order valence-corrected chi connectivity index (χ3v) is 6.07. The van der Waals surface area contributed by atoms with Crippen LogP contribution < -0.4 is 0 Å². The molecule has 1 heterocycles. The molecule has 0 spiro atoms. The highest BCUT2D eigenvalue weighted by Crippen LogP contribution is 2.39. The Hall–Kier alpha value is -1.57. The van der Waals surface area contributed by atoms with Gasteiger partial charge in [-0.05, 0) is 57.1 Å². The fraction of sp³-hybridized carbons (Fsp3) is 0.524. The Morgan fingerprint density at radius 1 is 1.11 bits per heavy atom. The van der Waals surface area contributed by atoms with Gasteiger partial charge in [-0.3, -0.25) is 9.59 Å². The number of thioether (sulfide) groups is 1. The van der Waals surface area contributed by atoms with Gasteiger partial charge >= 0.3 is 13.1 Å². The molecule has 1 fully saturated rings. The second kappa shape index (κ2) is 9.29. The molecule has 0 aromatic heterocycles. The molecule has 0 unspecified atom stereocenters. The predicted octanol–water partition coefficient (Wildman–Crippen LogP) is 4.39. The SMILES string of the molecule is CC(=O)SCC(=Cc1ccc(CCCC(=O)O)cc1)B1OC(C)(C)C(C)(C)O1. The van der Waals surface area contributed by atoms with Crippen LogP contribution in [0.25, 0.3) is 6.08 Å². The molecule has 7 heteroatoms. The number of carboxylic acids is 1. The van der Waals surface area contributed by atoms with Gasteiger partial charge in [0, 0.05) is 19.1 Å². The molecule has 1 aromatic rings. The first kappa shape index (κ1) is 22.7. The molecule has 1 saturated heterocycles. The molecule has 0 atom stereocenters. The molecular formula is C21H29BO5S. The van der Waals surface area contributed by atoms with Crippen LogP contribution in [-0.2, 0) is 25.3 Å². The second-order valence-corrected chi connectivity index (χ2v) is 9.23. The summed E-state index contributed by atoms with van der Waals surface area (Å²) >= 11 is 1.24. The lowest BCUT2D eigenvalue weighted by molar-refractivity contribution is -0.137. The van der Waals surface area contributed by atoms with Gasteiger partial charge in [0.25, 0.3) is 0 Å². The van der Waals surface area contributed by atoms with Crippen LogP contribution in [0.2, 0.25) is 0 Å². The summed E-state index contributed by atoms with van der Waals surface area (Å²) in [5.41, 5.74) is 2.14. The molecule has 28 heavy (non-hydrogen) atoms. The average Bonchev–Trinajstić information content (AvgIpc) is 2.80. The van der Waals surface area contributed by atoms with Crippen molar-refractivity contribution in [2.75, 3.05) is 5.75 Å². The molecule has 1 N–H and O–H groups in total. The van der Waals surface area contributed by atoms with E-state index in [0.717, 1.165) is 23.0 Å². The van der Waals surface area contributed by atoms with Crippen molar-refractivity contribution >= 4 is 36.0 Å². The largest absolute Gasteiger partial charge is 0.491 e.